The first kappa shape index (κ1) is 44.9. The summed E-state index contributed by atoms with van der Waals surface area (Å²) in [5, 5.41) is 0. The van der Waals surface area contributed by atoms with Crippen LogP contribution in [0.2, 0.25) is 0 Å². The van der Waals surface area contributed by atoms with Crippen LogP contribution in [0.3, 0.4) is 0 Å². The second-order valence-corrected chi connectivity index (χ2v) is 23.8. The van der Waals surface area contributed by atoms with Crippen molar-refractivity contribution in [3.63, 3.8) is 0 Å². The summed E-state index contributed by atoms with van der Waals surface area (Å²) in [5.41, 5.74) is 1.61. The van der Waals surface area contributed by atoms with E-state index < -0.39 is 0 Å². The number of fused-ring (bicyclic) bond motifs is 8. The van der Waals surface area contributed by atoms with Crippen LogP contribution < -0.4 is 0 Å². The fourth-order valence-electron chi connectivity index (χ4n) is 15.8. The summed E-state index contributed by atoms with van der Waals surface area (Å²) in [5.74, 6) is 3.03. The van der Waals surface area contributed by atoms with Crippen LogP contribution in [0.5, 0.6) is 0 Å². The molecule has 4 heteroatoms. The summed E-state index contributed by atoms with van der Waals surface area (Å²) in [4.78, 5) is 14.1. The maximum atomic E-state index is 14.1. The Labute approximate surface area is 348 Å². The molecule has 6 aliphatic rings. The number of rotatable bonds is 21. The Hall–Kier alpha value is -0.610. The van der Waals surface area contributed by atoms with Gasteiger partial charge in [-0.3, -0.25) is 0 Å². The van der Waals surface area contributed by atoms with Crippen molar-refractivity contribution >= 4 is 5.97 Å². The van der Waals surface area contributed by atoms with Crippen LogP contribution in [0.1, 0.15) is 229 Å². The first-order valence-electron chi connectivity index (χ1n) is 25.2. The molecular weight excluding hydrogens is 687 g/mol. The number of nitrogens with zero attached hydrogens (tertiary/aromatic N) is 1. The first-order valence-corrected chi connectivity index (χ1v) is 25.2. The topological polar surface area (TPSA) is 35.5 Å². The number of carbonyl (C=O) groups is 1. The average molecular weight is 781 g/mol. The molecule has 1 spiro atoms. The van der Waals surface area contributed by atoms with Gasteiger partial charge in [-0.1, -0.05) is 139 Å². The van der Waals surface area contributed by atoms with Crippen LogP contribution in [-0.4, -0.2) is 54.9 Å². The molecule has 2 bridgehead atoms. The molecule has 2 saturated heterocycles. The van der Waals surface area contributed by atoms with Crippen LogP contribution in [-0.2, 0) is 14.3 Å². The van der Waals surface area contributed by atoms with Crippen molar-refractivity contribution in [3.8, 4) is 0 Å². The molecule has 6 fully saturated rings. The van der Waals surface area contributed by atoms with Gasteiger partial charge < -0.3 is 14.0 Å². The van der Waals surface area contributed by atoms with Crippen LogP contribution in [0.15, 0.2) is 0 Å². The molecule has 0 N–H and O–H groups in total. The Morgan fingerprint density at radius 1 is 0.607 bits per heavy atom. The van der Waals surface area contributed by atoms with Gasteiger partial charge in [0.05, 0.1) is 31.8 Å². The molecule has 4 nitrogen and oxygen atoms in total. The van der Waals surface area contributed by atoms with Crippen molar-refractivity contribution < 1.29 is 18.8 Å². The number of esters is 1. The van der Waals surface area contributed by atoms with Crippen molar-refractivity contribution in [2.45, 2.75) is 247 Å². The fourth-order valence-corrected chi connectivity index (χ4v) is 15.8. The number of carbonyl (C=O) groups excluding carboxylic acids is 1. The molecule has 324 valence electrons. The summed E-state index contributed by atoms with van der Waals surface area (Å²) in [6, 6.07) is 0. The molecular formula is C52H94NO3+. The Balaban J connectivity index is 1.07. The molecule has 10 atom stereocenters. The summed E-state index contributed by atoms with van der Waals surface area (Å²) in [7, 11) is 2.38. The third kappa shape index (κ3) is 8.49. The predicted octanol–water partition coefficient (Wildman–Crippen LogP) is 14.3. The number of unbranched alkanes of at least 4 members (excludes halogenated alkanes) is 14. The van der Waals surface area contributed by atoms with Crippen LogP contribution in [0.4, 0.5) is 0 Å². The van der Waals surface area contributed by atoms with E-state index in [1.807, 2.05) is 0 Å². The highest BCUT2D eigenvalue weighted by Crippen LogP contribution is 2.78. The van der Waals surface area contributed by atoms with Gasteiger partial charge in [-0.2, -0.15) is 0 Å². The van der Waals surface area contributed by atoms with Crippen LogP contribution in [0.25, 0.3) is 0 Å². The lowest BCUT2D eigenvalue weighted by molar-refractivity contribution is -0.903. The zero-order valence-corrected chi connectivity index (χ0v) is 39.1. The number of ether oxygens (including phenoxy) is 2. The van der Waals surface area contributed by atoms with Crippen molar-refractivity contribution in [3.05, 3.63) is 0 Å². The normalized spacial score (nSPS) is 39.4. The lowest BCUT2D eigenvalue weighted by Crippen LogP contribution is -2.77. The highest BCUT2D eigenvalue weighted by Gasteiger charge is 2.75. The first-order chi connectivity index (χ1) is 26.5. The number of quaternary nitrogens is 1. The van der Waals surface area contributed by atoms with Gasteiger partial charge in [-0.25, -0.2) is 4.79 Å². The summed E-state index contributed by atoms with van der Waals surface area (Å²) < 4.78 is 14.5. The number of hydrogen-bond acceptors (Lipinski definition) is 3. The fraction of sp³-hybridized carbons (Fsp3) is 0.981. The van der Waals surface area contributed by atoms with Crippen molar-refractivity contribution in [2.24, 2.45) is 50.7 Å². The molecule has 0 aromatic rings. The van der Waals surface area contributed by atoms with Crippen molar-refractivity contribution in [1.29, 1.82) is 0 Å². The monoisotopic (exact) mass is 781 g/mol. The molecule has 0 radical (unpaired) electrons. The van der Waals surface area contributed by atoms with E-state index in [9.17, 15) is 4.79 Å². The van der Waals surface area contributed by atoms with Gasteiger partial charge in [0.2, 0.25) is 0 Å². The Morgan fingerprint density at radius 3 is 1.73 bits per heavy atom. The largest absolute Gasteiger partial charge is 0.458 e. The van der Waals surface area contributed by atoms with Crippen LogP contribution in [0, 0.1) is 50.7 Å². The number of likely N-dealkylation sites (N-methyl/N-ethyl adjacent to an activating group) is 1. The van der Waals surface area contributed by atoms with E-state index in [2.05, 4.69) is 69.4 Å². The standard InChI is InChI=1S/C52H94NO3/c1-11-13-15-17-19-21-23-25-37-53(10,38-26-24-22-20-18-16-14-12-2)39-44(54)55-43-30-31-49(7)41(48(43,5)6)29-32-51(9)42(49)28-27-40-45-46-47(3,4)33-35-52(45,56-46)36-34-50(40,51)8/h40-43,45-46H,11-39H2,1-10H3/q+1/t40?,41?,42?,43-,45?,46+,49-,50+,51+,52-/m0/s1. The minimum Gasteiger partial charge on any atom is -0.458 e. The second-order valence-electron chi connectivity index (χ2n) is 23.8. The van der Waals surface area contributed by atoms with E-state index >= 15 is 0 Å². The molecule has 0 aromatic heterocycles. The van der Waals surface area contributed by atoms with E-state index in [0.29, 0.717) is 40.2 Å². The zero-order valence-electron chi connectivity index (χ0n) is 39.1. The van der Waals surface area contributed by atoms with Gasteiger partial charge in [0, 0.05) is 11.3 Å². The Bertz CT molecular complexity index is 1270. The molecule has 4 aliphatic carbocycles. The van der Waals surface area contributed by atoms with Gasteiger partial charge >= 0.3 is 5.97 Å². The van der Waals surface area contributed by atoms with E-state index in [-0.39, 0.29) is 23.1 Å². The predicted molar refractivity (Wildman–Crippen MR) is 236 cm³/mol. The maximum Gasteiger partial charge on any atom is 0.362 e. The second kappa shape index (κ2) is 17.8. The number of hydrogen-bond donors (Lipinski definition) is 0. The lowest BCUT2D eigenvalue weighted by Gasteiger charge is -2.77. The van der Waals surface area contributed by atoms with Crippen molar-refractivity contribution in [2.75, 3.05) is 26.7 Å². The van der Waals surface area contributed by atoms with E-state index in [4.69, 9.17) is 9.47 Å². The third-order valence-corrected chi connectivity index (χ3v) is 19.5. The molecule has 4 saturated carbocycles. The maximum absolute atomic E-state index is 14.1. The zero-order chi connectivity index (χ0) is 40.5. The van der Waals surface area contributed by atoms with Crippen molar-refractivity contribution in [1.82, 2.24) is 0 Å². The molecule has 0 aromatic carbocycles. The minimum atomic E-state index is 0.000181. The molecule has 6 rings (SSSR count). The Morgan fingerprint density at radius 2 is 1.16 bits per heavy atom. The van der Waals surface area contributed by atoms with E-state index in [1.165, 1.54) is 161 Å². The van der Waals surface area contributed by atoms with Gasteiger partial charge in [-0.15, -0.1) is 0 Å². The third-order valence-electron chi connectivity index (χ3n) is 19.5. The van der Waals surface area contributed by atoms with E-state index in [0.717, 1.165) is 41.7 Å². The molecule has 0 amide bonds. The van der Waals surface area contributed by atoms with E-state index in [1.54, 1.807) is 0 Å². The quantitative estimate of drug-likeness (QED) is 0.0661. The lowest BCUT2D eigenvalue weighted by atomic mass is 9.31. The molecule has 2 heterocycles. The average Bonchev–Trinajstić information content (AvgIpc) is 3.12. The van der Waals surface area contributed by atoms with Gasteiger partial charge in [0.1, 0.15) is 6.10 Å². The SMILES string of the molecule is CCCCCCCCCC[N+](C)(CCCCCCCCCC)CC(=O)O[C@H]1CC[C@@]2(C)C(CC[C@]3(C)C2CCC2C4[C@H]5O[C@@]4(CCC5(C)C)CC[C@]23C)C1(C)C. The van der Waals surface area contributed by atoms with Crippen LogP contribution >= 0.6 is 0 Å². The highest BCUT2D eigenvalue weighted by atomic mass is 16.5. The summed E-state index contributed by atoms with van der Waals surface area (Å²) >= 11 is 0. The van der Waals surface area contributed by atoms with Gasteiger partial charge in [0.25, 0.3) is 0 Å². The molecule has 2 aliphatic heterocycles. The summed E-state index contributed by atoms with van der Waals surface area (Å²) in [6.07, 6.45) is 34.9. The highest BCUT2D eigenvalue weighted by molar-refractivity contribution is 5.71. The smallest absolute Gasteiger partial charge is 0.362 e. The minimum absolute atomic E-state index is 0.000181. The summed E-state index contributed by atoms with van der Waals surface area (Å²) in [6.45, 7) is 25.6. The van der Waals surface area contributed by atoms with Gasteiger partial charge in [-0.05, 0) is 129 Å². The Kier molecular flexibility index (Phi) is 14.3. The van der Waals surface area contributed by atoms with Gasteiger partial charge in [0.15, 0.2) is 6.54 Å². The molecule has 4 unspecified atom stereocenters. The molecule has 56 heavy (non-hydrogen) atoms.